The van der Waals surface area contributed by atoms with E-state index in [1.54, 1.807) is 6.07 Å². The normalized spacial score (nSPS) is 16.5. The topological polar surface area (TPSA) is 55.3 Å². The van der Waals surface area contributed by atoms with E-state index in [1.165, 1.54) is 0 Å². The Balaban J connectivity index is 2.25. The van der Waals surface area contributed by atoms with Crippen molar-refractivity contribution in [3.05, 3.63) is 17.5 Å². The van der Waals surface area contributed by atoms with Crippen LogP contribution in [0.15, 0.2) is 6.07 Å². The van der Waals surface area contributed by atoms with Gasteiger partial charge in [0, 0.05) is 18.8 Å². The van der Waals surface area contributed by atoms with Crippen molar-refractivity contribution in [2.45, 2.75) is 6.92 Å². The molecule has 5 heteroatoms. The molecule has 2 heterocycles. The maximum absolute atomic E-state index is 10.7. The van der Waals surface area contributed by atoms with Gasteiger partial charge < -0.3 is 9.64 Å². The van der Waals surface area contributed by atoms with E-state index in [0.29, 0.717) is 24.9 Å². The maximum atomic E-state index is 10.7. The number of aldehydes is 1. The van der Waals surface area contributed by atoms with Crippen molar-refractivity contribution in [3.63, 3.8) is 0 Å². The van der Waals surface area contributed by atoms with Gasteiger partial charge in [0.1, 0.15) is 5.69 Å². The number of anilines is 1. The molecule has 1 aliphatic rings. The van der Waals surface area contributed by atoms with Gasteiger partial charge in [0.2, 0.25) is 5.95 Å². The molecule has 0 N–H and O–H groups in total. The summed E-state index contributed by atoms with van der Waals surface area (Å²) in [6.07, 6.45) is 0.749. The first-order chi connectivity index (χ1) is 7.29. The fourth-order valence-corrected chi connectivity index (χ4v) is 1.54. The predicted molar refractivity (Wildman–Crippen MR) is 55.2 cm³/mol. The molecule has 0 amide bonds. The summed E-state index contributed by atoms with van der Waals surface area (Å²) in [6.45, 7) is 4.80. The van der Waals surface area contributed by atoms with Gasteiger partial charge in [-0.1, -0.05) is 0 Å². The van der Waals surface area contributed by atoms with Gasteiger partial charge in [-0.3, -0.25) is 4.79 Å². The van der Waals surface area contributed by atoms with Crippen LogP contribution in [0.3, 0.4) is 0 Å². The summed E-state index contributed by atoms with van der Waals surface area (Å²) in [4.78, 5) is 21.2. The van der Waals surface area contributed by atoms with Crippen molar-refractivity contribution in [1.29, 1.82) is 0 Å². The molecule has 0 atom stereocenters. The average molecular weight is 207 g/mol. The van der Waals surface area contributed by atoms with Crippen molar-refractivity contribution in [2.24, 2.45) is 0 Å². The number of nitrogens with zero attached hydrogens (tertiary/aromatic N) is 3. The summed E-state index contributed by atoms with van der Waals surface area (Å²) in [5.41, 5.74) is 1.25. The van der Waals surface area contributed by atoms with Crippen molar-refractivity contribution in [1.82, 2.24) is 9.97 Å². The predicted octanol–water partition coefficient (Wildman–Crippen LogP) is 0.434. The van der Waals surface area contributed by atoms with Crippen LogP contribution in [0.1, 0.15) is 16.2 Å². The lowest BCUT2D eigenvalue weighted by atomic mass is 10.3. The van der Waals surface area contributed by atoms with Gasteiger partial charge in [-0.15, -0.1) is 0 Å². The SMILES string of the molecule is Cc1cc(C=O)nc(N2CCOCC2)n1. The van der Waals surface area contributed by atoms with E-state index in [9.17, 15) is 4.79 Å². The van der Waals surface area contributed by atoms with Gasteiger partial charge in [0.25, 0.3) is 0 Å². The number of hydrogen-bond donors (Lipinski definition) is 0. The zero-order valence-corrected chi connectivity index (χ0v) is 8.64. The van der Waals surface area contributed by atoms with E-state index in [2.05, 4.69) is 9.97 Å². The van der Waals surface area contributed by atoms with Gasteiger partial charge in [0.05, 0.1) is 13.2 Å². The third-order valence-electron chi connectivity index (χ3n) is 2.28. The molecular weight excluding hydrogens is 194 g/mol. The molecule has 1 aromatic heterocycles. The molecule has 0 unspecified atom stereocenters. The fourth-order valence-electron chi connectivity index (χ4n) is 1.54. The second-order valence-corrected chi connectivity index (χ2v) is 3.45. The molecule has 0 aromatic carbocycles. The largest absolute Gasteiger partial charge is 0.378 e. The number of carbonyl (C=O) groups excluding carboxylic acids is 1. The molecule has 0 bridgehead atoms. The van der Waals surface area contributed by atoms with Gasteiger partial charge >= 0.3 is 0 Å². The van der Waals surface area contributed by atoms with Crippen LogP contribution in [0.4, 0.5) is 5.95 Å². The van der Waals surface area contributed by atoms with Gasteiger partial charge in [-0.25, -0.2) is 9.97 Å². The highest BCUT2D eigenvalue weighted by Gasteiger charge is 2.14. The molecule has 15 heavy (non-hydrogen) atoms. The van der Waals surface area contributed by atoms with E-state index in [-0.39, 0.29) is 0 Å². The van der Waals surface area contributed by atoms with Crippen LogP contribution in [0.2, 0.25) is 0 Å². The first kappa shape index (κ1) is 10.0. The second kappa shape index (κ2) is 4.35. The Morgan fingerprint density at radius 2 is 2.13 bits per heavy atom. The molecule has 80 valence electrons. The molecule has 5 nitrogen and oxygen atoms in total. The zero-order chi connectivity index (χ0) is 10.7. The molecule has 1 aliphatic heterocycles. The van der Waals surface area contributed by atoms with Crippen molar-refractivity contribution in [3.8, 4) is 0 Å². The molecular formula is C10H13N3O2. The van der Waals surface area contributed by atoms with Crippen LogP contribution >= 0.6 is 0 Å². The monoisotopic (exact) mass is 207 g/mol. The van der Waals surface area contributed by atoms with Crippen molar-refractivity contribution < 1.29 is 9.53 Å². The van der Waals surface area contributed by atoms with Crippen LogP contribution in [0.5, 0.6) is 0 Å². The highest BCUT2D eigenvalue weighted by molar-refractivity contribution is 5.72. The standard InChI is InChI=1S/C10H13N3O2/c1-8-6-9(7-14)12-10(11-8)13-2-4-15-5-3-13/h6-7H,2-5H2,1H3. The van der Waals surface area contributed by atoms with Gasteiger partial charge in [0.15, 0.2) is 6.29 Å². The molecule has 1 fully saturated rings. The minimum Gasteiger partial charge on any atom is -0.378 e. The maximum Gasteiger partial charge on any atom is 0.226 e. The lowest BCUT2D eigenvalue weighted by Crippen LogP contribution is -2.37. The lowest BCUT2D eigenvalue weighted by Gasteiger charge is -2.26. The summed E-state index contributed by atoms with van der Waals surface area (Å²) in [5.74, 6) is 0.625. The molecule has 1 saturated heterocycles. The number of hydrogen-bond acceptors (Lipinski definition) is 5. The Labute approximate surface area is 88.1 Å². The quantitative estimate of drug-likeness (QED) is 0.658. The van der Waals surface area contributed by atoms with Crippen molar-refractivity contribution >= 4 is 12.2 Å². The third-order valence-corrected chi connectivity index (χ3v) is 2.28. The van der Waals surface area contributed by atoms with Crippen LogP contribution in [0.25, 0.3) is 0 Å². The fraction of sp³-hybridized carbons (Fsp3) is 0.500. The summed E-state index contributed by atoms with van der Waals surface area (Å²) >= 11 is 0. The summed E-state index contributed by atoms with van der Waals surface area (Å²) in [5, 5.41) is 0. The van der Waals surface area contributed by atoms with E-state index in [0.717, 1.165) is 25.1 Å². The Morgan fingerprint density at radius 3 is 2.80 bits per heavy atom. The van der Waals surface area contributed by atoms with Crippen LogP contribution in [-0.4, -0.2) is 42.6 Å². The molecule has 0 aliphatic carbocycles. The first-order valence-electron chi connectivity index (χ1n) is 4.93. The summed E-state index contributed by atoms with van der Waals surface area (Å²) < 4.78 is 5.24. The number of aryl methyl sites for hydroxylation is 1. The van der Waals surface area contributed by atoms with E-state index in [4.69, 9.17) is 4.74 Å². The minimum atomic E-state index is 0.434. The van der Waals surface area contributed by atoms with E-state index in [1.807, 2.05) is 11.8 Å². The minimum absolute atomic E-state index is 0.434. The zero-order valence-electron chi connectivity index (χ0n) is 8.64. The number of aromatic nitrogens is 2. The highest BCUT2D eigenvalue weighted by atomic mass is 16.5. The second-order valence-electron chi connectivity index (χ2n) is 3.45. The summed E-state index contributed by atoms with van der Waals surface area (Å²) in [6, 6.07) is 1.68. The molecule has 1 aromatic rings. The van der Waals surface area contributed by atoms with Crippen LogP contribution in [0, 0.1) is 6.92 Å². The van der Waals surface area contributed by atoms with E-state index >= 15 is 0 Å². The Kier molecular flexibility index (Phi) is 2.91. The molecule has 0 spiro atoms. The molecule has 0 radical (unpaired) electrons. The highest BCUT2D eigenvalue weighted by Crippen LogP contribution is 2.11. The third kappa shape index (κ3) is 2.30. The Hall–Kier alpha value is -1.49. The average Bonchev–Trinajstić information content (AvgIpc) is 2.29. The summed E-state index contributed by atoms with van der Waals surface area (Å²) in [7, 11) is 0. The van der Waals surface area contributed by atoms with E-state index < -0.39 is 0 Å². The number of rotatable bonds is 2. The lowest BCUT2D eigenvalue weighted by molar-refractivity contribution is 0.111. The first-order valence-corrected chi connectivity index (χ1v) is 4.93. The Morgan fingerprint density at radius 1 is 1.40 bits per heavy atom. The van der Waals surface area contributed by atoms with Crippen LogP contribution < -0.4 is 4.90 Å². The molecule has 0 saturated carbocycles. The smallest absolute Gasteiger partial charge is 0.226 e. The van der Waals surface area contributed by atoms with Gasteiger partial charge in [-0.2, -0.15) is 0 Å². The van der Waals surface area contributed by atoms with Gasteiger partial charge in [-0.05, 0) is 13.0 Å². The van der Waals surface area contributed by atoms with Crippen molar-refractivity contribution in [2.75, 3.05) is 31.2 Å². The number of morpholine rings is 1. The molecule has 2 rings (SSSR count). The van der Waals surface area contributed by atoms with Crippen LogP contribution in [-0.2, 0) is 4.74 Å². The Bertz CT molecular complexity index is 362. The number of carbonyl (C=O) groups is 1. The number of ether oxygens (including phenoxy) is 1.